The number of allylic oxidation sites excluding steroid dienone is 1. The monoisotopic (exact) mass is 533 g/mol. The maximum atomic E-state index is 11.6. The number of hydrogen-bond acceptors (Lipinski definition) is 8. The van der Waals surface area contributed by atoms with Gasteiger partial charge in [0.1, 0.15) is 23.0 Å². The van der Waals surface area contributed by atoms with Crippen LogP contribution in [0.4, 0.5) is 11.4 Å². The number of hydrogen-bond donors (Lipinski definition) is 1. The first-order valence-corrected chi connectivity index (χ1v) is 13.2. The number of ether oxygens (including phenoxy) is 3. The fourth-order valence-electron chi connectivity index (χ4n) is 4.96. The number of likely N-dealkylation sites (N-methyl/N-ethyl adjacent to an activating group) is 1. The molecule has 0 bridgehead atoms. The van der Waals surface area contributed by atoms with Gasteiger partial charge in [0.05, 0.1) is 19.9 Å². The van der Waals surface area contributed by atoms with Gasteiger partial charge in [0.25, 0.3) is 0 Å². The quantitative estimate of drug-likeness (QED) is 0.436. The average molecular weight is 534 g/mol. The van der Waals surface area contributed by atoms with Gasteiger partial charge in [-0.05, 0) is 51.7 Å². The largest absolute Gasteiger partial charge is 0.507 e. The predicted molar refractivity (Wildman–Crippen MR) is 156 cm³/mol. The molecule has 1 atom stereocenters. The van der Waals surface area contributed by atoms with E-state index >= 15 is 0 Å². The Hall–Kier alpha value is -3.91. The molecule has 0 radical (unpaired) electrons. The summed E-state index contributed by atoms with van der Waals surface area (Å²) in [6, 6.07) is 9.87. The standard InChI is InChI=1S/C31H39N3O5/c1-8-34(15-9-10-30(36)38-7)25-19-26(35)24(18-29(25)37-6)31-22-13-11-20(32(2)3)16-27(22)39-28-17-21(33(4)5)12-14-23(28)31/h11-14,16-20,35H,8-10,15H2,1-7H3. The molecule has 4 rings (SSSR count). The number of esters is 1. The number of carbonyl (C=O) groups is 1. The molecule has 1 unspecified atom stereocenters. The van der Waals surface area contributed by atoms with E-state index in [1.807, 2.05) is 58.2 Å². The Balaban J connectivity index is 1.83. The number of phenolic OH excluding ortho intramolecular Hbond substituents is 1. The van der Waals surface area contributed by atoms with Crippen LogP contribution in [0.2, 0.25) is 0 Å². The van der Waals surface area contributed by atoms with E-state index in [2.05, 4.69) is 34.1 Å². The third-order valence-electron chi connectivity index (χ3n) is 7.21. The molecule has 208 valence electrons. The first-order valence-electron chi connectivity index (χ1n) is 13.2. The normalized spacial score (nSPS) is 15.8. The SMILES string of the molecule is CCN(CCCC(=O)OC)c1cc(O)c(C2=C3C=CC(N(C)C)C=C3Oc3cc(N(C)C)ccc32)cc1OC. The summed E-state index contributed by atoms with van der Waals surface area (Å²) in [5.41, 5.74) is 5.16. The van der Waals surface area contributed by atoms with Crippen molar-refractivity contribution in [3.8, 4) is 17.2 Å². The van der Waals surface area contributed by atoms with Gasteiger partial charge in [0, 0.05) is 79.7 Å². The second kappa shape index (κ2) is 11.9. The topological polar surface area (TPSA) is 74.7 Å². The van der Waals surface area contributed by atoms with Crippen LogP contribution in [-0.4, -0.2) is 77.5 Å². The van der Waals surface area contributed by atoms with Crippen molar-refractivity contribution < 1.29 is 24.1 Å². The molecule has 2 aliphatic rings. The van der Waals surface area contributed by atoms with Crippen LogP contribution < -0.4 is 19.3 Å². The smallest absolute Gasteiger partial charge is 0.305 e. The third-order valence-corrected chi connectivity index (χ3v) is 7.21. The first kappa shape index (κ1) is 28.1. The molecule has 0 saturated carbocycles. The van der Waals surface area contributed by atoms with Crippen LogP contribution in [0.5, 0.6) is 17.2 Å². The number of benzene rings is 2. The zero-order valence-corrected chi connectivity index (χ0v) is 23.9. The fraction of sp³-hybridized carbons (Fsp3) is 0.387. The van der Waals surface area contributed by atoms with Crippen LogP contribution in [0.25, 0.3) is 5.57 Å². The highest BCUT2D eigenvalue weighted by molar-refractivity contribution is 5.94. The molecule has 0 fully saturated rings. The molecular formula is C31H39N3O5. The zero-order valence-electron chi connectivity index (χ0n) is 23.9. The lowest BCUT2D eigenvalue weighted by atomic mass is 9.86. The van der Waals surface area contributed by atoms with Gasteiger partial charge in [-0.3, -0.25) is 9.69 Å². The van der Waals surface area contributed by atoms with Crippen molar-refractivity contribution in [2.45, 2.75) is 25.8 Å². The number of phenols is 1. The van der Waals surface area contributed by atoms with Crippen molar-refractivity contribution in [3.05, 3.63) is 71.0 Å². The van der Waals surface area contributed by atoms with Crippen LogP contribution in [0.1, 0.15) is 30.9 Å². The summed E-state index contributed by atoms with van der Waals surface area (Å²) in [5, 5.41) is 11.5. The second-order valence-corrected chi connectivity index (χ2v) is 10.1. The number of fused-ring (bicyclic) bond motifs is 2. The van der Waals surface area contributed by atoms with Crippen molar-refractivity contribution in [2.75, 3.05) is 65.3 Å². The van der Waals surface area contributed by atoms with Crippen LogP contribution in [-0.2, 0) is 9.53 Å². The van der Waals surface area contributed by atoms with Crippen LogP contribution in [0, 0.1) is 0 Å². The number of carbonyl (C=O) groups excluding carboxylic acids is 1. The Kier molecular flexibility index (Phi) is 8.55. The minimum atomic E-state index is -0.235. The summed E-state index contributed by atoms with van der Waals surface area (Å²) in [5.74, 6) is 2.05. The predicted octanol–water partition coefficient (Wildman–Crippen LogP) is 4.82. The van der Waals surface area contributed by atoms with Gasteiger partial charge in [-0.1, -0.05) is 12.2 Å². The van der Waals surface area contributed by atoms with Crippen molar-refractivity contribution in [3.63, 3.8) is 0 Å². The average Bonchev–Trinajstić information content (AvgIpc) is 2.93. The van der Waals surface area contributed by atoms with E-state index in [4.69, 9.17) is 14.2 Å². The molecule has 1 aliphatic carbocycles. The molecule has 8 nitrogen and oxygen atoms in total. The van der Waals surface area contributed by atoms with Crippen molar-refractivity contribution in [2.24, 2.45) is 0 Å². The Morgan fingerprint density at radius 1 is 1.08 bits per heavy atom. The van der Waals surface area contributed by atoms with E-state index in [1.165, 1.54) is 7.11 Å². The molecule has 1 heterocycles. The van der Waals surface area contributed by atoms with E-state index in [1.54, 1.807) is 13.2 Å². The summed E-state index contributed by atoms with van der Waals surface area (Å²) in [7, 11) is 11.1. The Bertz CT molecular complexity index is 1330. The molecule has 2 aromatic carbocycles. The Morgan fingerprint density at radius 3 is 2.49 bits per heavy atom. The van der Waals surface area contributed by atoms with Crippen LogP contribution >= 0.6 is 0 Å². The highest BCUT2D eigenvalue weighted by atomic mass is 16.5. The van der Waals surface area contributed by atoms with E-state index in [-0.39, 0.29) is 17.8 Å². The summed E-state index contributed by atoms with van der Waals surface area (Å²) >= 11 is 0. The number of nitrogens with zero attached hydrogens (tertiary/aromatic N) is 3. The molecule has 0 saturated heterocycles. The molecule has 1 N–H and O–H groups in total. The van der Waals surface area contributed by atoms with Gasteiger partial charge >= 0.3 is 5.97 Å². The Morgan fingerprint density at radius 2 is 1.85 bits per heavy atom. The zero-order chi connectivity index (χ0) is 28.3. The number of rotatable bonds is 10. The lowest BCUT2D eigenvalue weighted by Gasteiger charge is -2.31. The van der Waals surface area contributed by atoms with Gasteiger partial charge in [0.2, 0.25) is 0 Å². The number of aromatic hydroxyl groups is 1. The van der Waals surface area contributed by atoms with Crippen molar-refractivity contribution >= 4 is 22.9 Å². The Labute approximate surface area is 231 Å². The molecule has 8 heteroatoms. The van der Waals surface area contributed by atoms with E-state index in [0.717, 1.165) is 39.6 Å². The highest BCUT2D eigenvalue weighted by Gasteiger charge is 2.30. The maximum Gasteiger partial charge on any atom is 0.305 e. The van der Waals surface area contributed by atoms with Gasteiger partial charge in [-0.25, -0.2) is 0 Å². The summed E-state index contributed by atoms with van der Waals surface area (Å²) < 4.78 is 17.1. The first-order chi connectivity index (χ1) is 18.7. The molecule has 1 aliphatic heterocycles. The van der Waals surface area contributed by atoms with Gasteiger partial charge in [-0.15, -0.1) is 0 Å². The van der Waals surface area contributed by atoms with Gasteiger partial charge < -0.3 is 29.1 Å². The lowest BCUT2D eigenvalue weighted by Crippen LogP contribution is -2.27. The molecular weight excluding hydrogens is 494 g/mol. The van der Waals surface area contributed by atoms with E-state index < -0.39 is 0 Å². The molecule has 0 amide bonds. The molecule has 39 heavy (non-hydrogen) atoms. The van der Waals surface area contributed by atoms with Crippen LogP contribution in [0.15, 0.2) is 59.9 Å². The van der Waals surface area contributed by atoms with Crippen molar-refractivity contribution in [1.29, 1.82) is 0 Å². The summed E-state index contributed by atoms with van der Waals surface area (Å²) in [6.07, 6.45) is 7.26. The molecule has 0 aromatic heterocycles. The highest BCUT2D eigenvalue weighted by Crippen LogP contribution is 2.48. The third kappa shape index (κ3) is 5.76. The number of anilines is 2. The van der Waals surface area contributed by atoms with E-state index in [0.29, 0.717) is 37.2 Å². The minimum Gasteiger partial charge on any atom is -0.507 e. The van der Waals surface area contributed by atoms with Gasteiger partial charge in [0.15, 0.2) is 0 Å². The molecule has 0 spiro atoms. The minimum absolute atomic E-state index is 0.0946. The lowest BCUT2D eigenvalue weighted by molar-refractivity contribution is -0.140. The fourth-order valence-corrected chi connectivity index (χ4v) is 4.96. The van der Waals surface area contributed by atoms with E-state index in [9.17, 15) is 9.90 Å². The van der Waals surface area contributed by atoms with Crippen LogP contribution in [0.3, 0.4) is 0 Å². The second-order valence-electron chi connectivity index (χ2n) is 10.1. The van der Waals surface area contributed by atoms with Crippen molar-refractivity contribution in [1.82, 2.24) is 4.90 Å². The summed E-state index contributed by atoms with van der Waals surface area (Å²) in [6.45, 7) is 3.35. The van der Waals surface area contributed by atoms with Gasteiger partial charge in [-0.2, -0.15) is 0 Å². The summed E-state index contributed by atoms with van der Waals surface area (Å²) in [4.78, 5) is 17.9. The number of methoxy groups -OCH3 is 2. The maximum absolute atomic E-state index is 11.6. The molecule has 2 aromatic rings.